The molecule has 2 aliphatic rings. The van der Waals surface area contributed by atoms with Gasteiger partial charge in [0.1, 0.15) is 0 Å². The summed E-state index contributed by atoms with van der Waals surface area (Å²) in [6.07, 6.45) is 1.45. The molecule has 2 aromatic carbocycles. The lowest BCUT2D eigenvalue weighted by Crippen LogP contribution is -2.44. The van der Waals surface area contributed by atoms with Gasteiger partial charge >= 0.3 is 0 Å². The number of benzene rings is 2. The van der Waals surface area contributed by atoms with Crippen molar-refractivity contribution in [1.29, 1.82) is 0 Å². The molecule has 2 aromatic rings. The number of hydrogen-bond donors (Lipinski definition) is 2. The Hall–Kier alpha value is -2.04. The predicted octanol–water partition coefficient (Wildman–Crippen LogP) is 4.00. The van der Waals surface area contributed by atoms with E-state index in [-0.39, 0.29) is 36.2 Å². The van der Waals surface area contributed by atoms with Crippen LogP contribution in [0.25, 0.3) is 0 Å². The van der Waals surface area contributed by atoms with Crippen LogP contribution >= 0.6 is 24.0 Å². The minimum absolute atomic E-state index is 0. The molecule has 1 fully saturated rings. The van der Waals surface area contributed by atoms with Crippen molar-refractivity contribution in [1.82, 2.24) is 4.90 Å². The standard InChI is InChI=1S/C24H32N4O3.HI/c1-17-14-28(15-18(2)31-17)16-20-6-4-19(5-7-20)13-26-24(25)27-21-8-9-22-23(12-21)30-11-3-10-29-22;/h4-9,12,17-18H,3,10-11,13-16H2,1-2H3,(H3,25,26,27);1H. The van der Waals surface area contributed by atoms with Gasteiger partial charge in [0.15, 0.2) is 17.5 Å². The number of anilines is 1. The molecule has 0 amide bonds. The lowest BCUT2D eigenvalue weighted by molar-refractivity contribution is -0.0704. The first-order chi connectivity index (χ1) is 15.0. The van der Waals surface area contributed by atoms with Crippen molar-refractivity contribution in [3.8, 4) is 11.5 Å². The lowest BCUT2D eigenvalue weighted by Gasteiger charge is -2.35. The van der Waals surface area contributed by atoms with Crippen molar-refractivity contribution in [3.05, 3.63) is 53.6 Å². The van der Waals surface area contributed by atoms with Crippen LogP contribution in [-0.2, 0) is 17.8 Å². The minimum atomic E-state index is 0. The molecule has 0 radical (unpaired) electrons. The van der Waals surface area contributed by atoms with Crippen LogP contribution in [-0.4, -0.2) is 49.4 Å². The second-order valence-electron chi connectivity index (χ2n) is 8.31. The molecule has 4 rings (SSSR count). The predicted molar refractivity (Wildman–Crippen MR) is 138 cm³/mol. The molecule has 3 N–H and O–H groups in total. The molecule has 2 heterocycles. The van der Waals surface area contributed by atoms with Crippen LogP contribution in [0.1, 0.15) is 31.4 Å². The molecule has 0 bridgehead atoms. The zero-order valence-electron chi connectivity index (χ0n) is 18.8. The molecule has 8 heteroatoms. The number of hydrogen-bond acceptors (Lipinski definition) is 5. The highest BCUT2D eigenvalue weighted by molar-refractivity contribution is 14.0. The highest BCUT2D eigenvalue weighted by Crippen LogP contribution is 2.32. The molecular formula is C24H33IN4O3. The Morgan fingerprint density at radius 1 is 1.00 bits per heavy atom. The van der Waals surface area contributed by atoms with Gasteiger partial charge in [0.2, 0.25) is 0 Å². The van der Waals surface area contributed by atoms with Gasteiger partial charge in [-0.2, -0.15) is 0 Å². The van der Waals surface area contributed by atoms with Crippen molar-refractivity contribution < 1.29 is 14.2 Å². The van der Waals surface area contributed by atoms with Crippen molar-refractivity contribution in [2.75, 3.05) is 31.6 Å². The number of nitrogens with two attached hydrogens (primary N) is 1. The molecule has 1 saturated heterocycles. The van der Waals surface area contributed by atoms with Crippen LogP contribution in [0.15, 0.2) is 47.5 Å². The van der Waals surface area contributed by atoms with Crippen LogP contribution < -0.4 is 20.5 Å². The summed E-state index contributed by atoms with van der Waals surface area (Å²) in [6.45, 7) is 9.00. The fraction of sp³-hybridized carbons (Fsp3) is 0.458. The molecular weight excluding hydrogens is 519 g/mol. The van der Waals surface area contributed by atoms with E-state index in [0.29, 0.717) is 25.7 Å². The van der Waals surface area contributed by atoms with E-state index in [2.05, 4.69) is 53.3 Å². The van der Waals surface area contributed by atoms with E-state index in [0.717, 1.165) is 48.8 Å². The van der Waals surface area contributed by atoms with Crippen LogP contribution in [0.3, 0.4) is 0 Å². The van der Waals surface area contributed by atoms with Gasteiger partial charge in [-0.3, -0.25) is 4.90 Å². The third-order valence-electron chi connectivity index (χ3n) is 5.38. The van der Waals surface area contributed by atoms with Crippen LogP contribution in [0.4, 0.5) is 5.69 Å². The van der Waals surface area contributed by atoms with Gasteiger partial charge in [0, 0.05) is 37.8 Å². The van der Waals surface area contributed by atoms with E-state index in [9.17, 15) is 0 Å². The molecule has 2 atom stereocenters. The smallest absolute Gasteiger partial charge is 0.193 e. The van der Waals surface area contributed by atoms with E-state index < -0.39 is 0 Å². The highest BCUT2D eigenvalue weighted by Gasteiger charge is 2.21. The Balaban J connectivity index is 0.00000289. The van der Waals surface area contributed by atoms with Gasteiger partial charge in [0.25, 0.3) is 0 Å². The number of morpholine rings is 1. The second-order valence-corrected chi connectivity index (χ2v) is 8.31. The van der Waals surface area contributed by atoms with E-state index in [1.54, 1.807) is 0 Å². The summed E-state index contributed by atoms with van der Waals surface area (Å²) in [4.78, 5) is 6.92. The molecule has 174 valence electrons. The number of nitrogens with one attached hydrogen (secondary N) is 1. The summed E-state index contributed by atoms with van der Waals surface area (Å²) in [6, 6.07) is 14.3. The number of rotatable bonds is 5. The van der Waals surface area contributed by atoms with E-state index in [1.807, 2.05) is 18.2 Å². The first kappa shape index (κ1) is 24.6. The lowest BCUT2D eigenvalue weighted by atomic mass is 10.1. The fourth-order valence-corrected chi connectivity index (χ4v) is 4.03. The summed E-state index contributed by atoms with van der Waals surface area (Å²) in [5, 5.41) is 3.13. The number of aliphatic imine (C=N–C) groups is 1. The first-order valence-electron chi connectivity index (χ1n) is 11.0. The quantitative estimate of drug-likeness (QED) is 0.332. The number of guanidine groups is 1. The van der Waals surface area contributed by atoms with Crippen molar-refractivity contribution in [2.45, 2.75) is 45.6 Å². The number of halogens is 1. The first-order valence-corrected chi connectivity index (χ1v) is 11.0. The van der Waals surface area contributed by atoms with Crippen LogP contribution in [0, 0.1) is 0 Å². The molecule has 7 nitrogen and oxygen atoms in total. The van der Waals surface area contributed by atoms with Gasteiger partial charge in [-0.1, -0.05) is 24.3 Å². The molecule has 2 unspecified atom stereocenters. The third-order valence-corrected chi connectivity index (χ3v) is 5.38. The largest absolute Gasteiger partial charge is 0.490 e. The average molecular weight is 552 g/mol. The Morgan fingerprint density at radius 3 is 2.38 bits per heavy atom. The van der Waals surface area contributed by atoms with Crippen molar-refractivity contribution >= 4 is 35.6 Å². The topological polar surface area (TPSA) is 81.3 Å². The van der Waals surface area contributed by atoms with Gasteiger partial charge < -0.3 is 25.3 Å². The van der Waals surface area contributed by atoms with E-state index in [4.69, 9.17) is 19.9 Å². The highest BCUT2D eigenvalue weighted by atomic mass is 127. The molecule has 32 heavy (non-hydrogen) atoms. The fourth-order valence-electron chi connectivity index (χ4n) is 4.03. The van der Waals surface area contributed by atoms with Gasteiger partial charge in [-0.15, -0.1) is 24.0 Å². The van der Waals surface area contributed by atoms with Gasteiger partial charge in [0.05, 0.1) is 32.0 Å². The summed E-state index contributed by atoms with van der Waals surface area (Å²) >= 11 is 0. The molecule has 0 aliphatic carbocycles. The molecule has 0 aromatic heterocycles. The summed E-state index contributed by atoms with van der Waals surface area (Å²) in [5.74, 6) is 1.87. The normalized spacial score (nSPS) is 21.4. The molecule has 0 saturated carbocycles. The maximum atomic E-state index is 6.09. The Morgan fingerprint density at radius 2 is 1.66 bits per heavy atom. The third kappa shape index (κ3) is 6.98. The van der Waals surface area contributed by atoms with E-state index >= 15 is 0 Å². The van der Waals surface area contributed by atoms with Gasteiger partial charge in [-0.05, 0) is 37.1 Å². The zero-order chi connectivity index (χ0) is 21.6. The van der Waals surface area contributed by atoms with Crippen molar-refractivity contribution in [2.24, 2.45) is 10.7 Å². The van der Waals surface area contributed by atoms with Crippen LogP contribution in [0.2, 0.25) is 0 Å². The monoisotopic (exact) mass is 552 g/mol. The number of fused-ring (bicyclic) bond motifs is 1. The number of nitrogens with zero attached hydrogens (tertiary/aromatic N) is 2. The second kappa shape index (κ2) is 11.7. The summed E-state index contributed by atoms with van der Waals surface area (Å²) < 4.78 is 17.2. The maximum absolute atomic E-state index is 6.09. The average Bonchev–Trinajstić information content (AvgIpc) is 2.97. The Bertz CT molecular complexity index is 897. The zero-order valence-corrected chi connectivity index (χ0v) is 21.1. The van der Waals surface area contributed by atoms with Crippen LogP contribution in [0.5, 0.6) is 11.5 Å². The van der Waals surface area contributed by atoms with E-state index in [1.165, 1.54) is 5.56 Å². The van der Waals surface area contributed by atoms with Crippen molar-refractivity contribution in [3.63, 3.8) is 0 Å². The number of ether oxygens (including phenoxy) is 3. The molecule has 0 spiro atoms. The SMILES string of the molecule is CC1CN(Cc2ccc(CN=C(N)Nc3ccc4c(c3)OCCCO4)cc2)CC(C)O1.I. The maximum Gasteiger partial charge on any atom is 0.193 e. The minimum Gasteiger partial charge on any atom is -0.490 e. The summed E-state index contributed by atoms with van der Waals surface area (Å²) in [5.41, 5.74) is 9.34. The van der Waals surface area contributed by atoms with Gasteiger partial charge in [-0.25, -0.2) is 4.99 Å². The Labute approximate surface area is 207 Å². The molecule has 2 aliphatic heterocycles. The summed E-state index contributed by atoms with van der Waals surface area (Å²) in [7, 11) is 0. The Kier molecular flexibility index (Phi) is 9.01.